The highest BCUT2D eigenvalue weighted by molar-refractivity contribution is 6.31. The summed E-state index contributed by atoms with van der Waals surface area (Å²) in [6, 6.07) is 17.1. The van der Waals surface area contributed by atoms with E-state index in [0.717, 1.165) is 0 Å². The molecule has 0 amide bonds. The van der Waals surface area contributed by atoms with Gasteiger partial charge in [-0.1, -0.05) is 29.8 Å². The molecule has 2 N–H and O–H groups in total. The van der Waals surface area contributed by atoms with Crippen molar-refractivity contribution >= 4 is 24.0 Å². The Morgan fingerprint density at radius 2 is 1.30 bits per heavy atom. The second-order valence-electron chi connectivity index (χ2n) is 6.30. The number of phenolic OH excluding ortho intramolecular Hbond substituents is 2. The van der Waals surface area contributed by atoms with E-state index in [1.807, 2.05) is 18.2 Å². The Kier molecular flexibility index (Phi) is 6.93. The second-order valence-corrected chi connectivity index (χ2v) is 6.71. The first-order valence-electron chi connectivity index (χ1n) is 9.06. The summed E-state index contributed by atoms with van der Waals surface area (Å²) < 4.78 is 10.2. The molecule has 0 aliphatic heterocycles. The van der Waals surface area contributed by atoms with Crippen LogP contribution in [0.15, 0.2) is 70.6 Å². The standard InChI is InChI=1S/C23H21ClN2O4/c1-29-17-9-7-15(21(27)11-17)13-25-23(19-5-3-4-6-20(19)24)26-14-16-8-10-18(30-2)12-22(16)28/h3-14,23,27-28H,1-2H3/b25-13+,26-14+. The summed E-state index contributed by atoms with van der Waals surface area (Å²) in [7, 11) is 3.05. The van der Waals surface area contributed by atoms with Crippen LogP contribution in [0.25, 0.3) is 0 Å². The van der Waals surface area contributed by atoms with Gasteiger partial charge in [0.25, 0.3) is 0 Å². The summed E-state index contributed by atoms with van der Waals surface area (Å²) in [5, 5.41) is 20.9. The van der Waals surface area contributed by atoms with Gasteiger partial charge in [0.05, 0.1) is 14.2 Å². The molecule has 154 valence electrons. The van der Waals surface area contributed by atoms with E-state index in [1.165, 1.54) is 38.8 Å². The summed E-state index contributed by atoms with van der Waals surface area (Å²) in [4.78, 5) is 9.01. The van der Waals surface area contributed by atoms with E-state index >= 15 is 0 Å². The van der Waals surface area contributed by atoms with Crippen molar-refractivity contribution in [2.24, 2.45) is 9.98 Å². The van der Waals surface area contributed by atoms with E-state index in [9.17, 15) is 10.2 Å². The van der Waals surface area contributed by atoms with Crippen molar-refractivity contribution in [3.63, 3.8) is 0 Å². The van der Waals surface area contributed by atoms with Crippen LogP contribution in [0, 0.1) is 0 Å². The molecule has 6 nitrogen and oxygen atoms in total. The first kappa shape index (κ1) is 21.2. The molecule has 7 heteroatoms. The van der Waals surface area contributed by atoms with E-state index in [4.69, 9.17) is 21.1 Å². The molecule has 0 atom stereocenters. The lowest BCUT2D eigenvalue weighted by molar-refractivity contribution is 0.407. The van der Waals surface area contributed by atoms with Gasteiger partial charge < -0.3 is 19.7 Å². The Labute approximate surface area is 179 Å². The van der Waals surface area contributed by atoms with Gasteiger partial charge >= 0.3 is 0 Å². The molecule has 3 aromatic rings. The molecule has 3 rings (SSSR count). The van der Waals surface area contributed by atoms with Crippen LogP contribution in [0.1, 0.15) is 22.9 Å². The van der Waals surface area contributed by atoms with Crippen molar-refractivity contribution in [1.29, 1.82) is 0 Å². The third-order valence-corrected chi connectivity index (χ3v) is 4.71. The Hall–Kier alpha value is -3.51. The van der Waals surface area contributed by atoms with E-state index in [1.54, 1.807) is 30.3 Å². The molecule has 0 aliphatic carbocycles. The first-order chi connectivity index (χ1) is 14.5. The van der Waals surface area contributed by atoms with Crippen LogP contribution in [-0.4, -0.2) is 36.9 Å². The lowest BCUT2D eigenvalue weighted by Crippen LogP contribution is -1.97. The Morgan fingerprint density at radius 3 is 1.73 bits per heavy atom. The molecule has 0 bridgehead atoms. The van der Waals surface area contributed by atoms with Crippen molar-refractivity contribution in [2.75, 3.05) is 14.2 Å². The van der Waals surface area contributed by atoms with Crippen LogP contribution in [0.4, 0.5) is 0 Å². The maximum atomic E-state index is 10.2. The zero-order chi connectivity index (χ0) is 21.5. The molecule has 0 fully saturated rings. The Bertz CT molecular complexity index is 1020. The number of rotatable bonds is 7. The lowest BCUT2D eigenvalue weighted by Gasteiger charge is -2.11. The number of aromatic hydroxyl groups is 2. The van der Waals surface area contributed by atoms with Gasteiger partial charge in [0.15, 0.2) is 6.17 Å². The van der Waals surface area contributed by atoms with Gasteiger partial charge in [-0.25, -0.2) is 0 Å². The van der Waals surface area contributed by atoms with Crippen LogP contribution in [-0.2, 0) is 0 Å². The number of phenols is 2. The number of halogens is 1. The van der Waals surface area contributed by atoms with Crippen molar-refractivity contribution in [3.8, 4) is 23.0 Å². The Morgan fingerprint density at radius 1 is 0.800 bits per heavy atom. The third-order valence-electron chi connectivity index (χ3n) is 4.37. The summed E-state index contributed by atoms with van der Waals surface area (Å²) in [5.74, 6) is 1.15. The van der Waals surface area contributed by atoms with Gasteiger partial charge in [-0.15, -0.1) is 0 Å². The zero-order valence-electron chi connectivity index (χ0n) is 16.5. The fourth-order valence-electron chi connectivity index (χ4n) is 2.70. The van der Waals surface area contributed by atoms with Crippen molar-refractivity contribution in [1.82, 2.24) is 0 Å². The van der Waals surface area contributed by atoms with Gasteiger partial charge in [0, 0.05) is 46.3 Å². The molecule has 0 saturated carbocycles. The average molecular weight is 425 g/mol. The van der Waals surface area contributed by atoms with Crippen LogP contribution >= 0.6 is 11.6 Å². The normalized spacial score (nSPS) is 11.5. The van der Waals surface area contributed by atoms with Crippen LogP contribution in [0.3, 0.4) is 0 Å². The van der Waals surface area contributed by atoms with Crippen molar-refractivity contribution in [2.45, 2.75) is 6.17 Å². The number of aliphatic imine (C=N–C) groups is 2. The van der Waals surface area contributed by atoms with Crippen molar-refractivity contribution < 1.29 is 19.7 Å². The van der Waals surface area contributed by atoms with Gasteiger partial charge in [-0.3, -0.25) is 9.98 Å². The summed E-state index contributed by atoms with van der Waals surface area (Å²) >= 11 is 6.34. The molecule has 30 heavy (non-hydrogen) atoms. The lowest BCUT2D eigenvalue weighted by atomic mass is 10.1. The molecule has 0 spiro atoms. The number of nitrogens with zero attached hydrogens (tertiary/aromatic N) is 2. The fraction of sp³-hybridized carbons (Fsp3) is 0.130. The largest absolute Gasteiger partial charge is 0.507 e. The second kappa shape index (κ2) is 9.80. The van der Waals surface area contributed by atoms with E-state index in [0.29, 0.717) is 33.2 Å². The van der Waals surface area contributed by atoms with E-state index in [2.05, 4.69) is 9.98 Å². The number of benzene rings is 3. The predicted molar refractivity (Wildman–Crippen MR) is 119 cm³/mol. The van der Waals surface area contributed by atoms with Gasteiger partial charge in [0.1, 0.15) is 23.0 Å². The maximum Gasteiger partial charge on any atom is 0.166 e. The van der Waals surface area contributed by atoms with Gasteiger partial charge in [-0.05, 0) is 30.3 Å². The highest BCUT2D eigenvalue weighted by atomic mass is 35.5. The zero-order valence-corrected chi connectivity index (χ0v) is 17.2. The minimum absolute atomic E-state index is 0.0350. The topological polar surface area (TPSA) is 83.6 Å². The van der Waals surface area contributed by atoms with Crippen LogP contribution in [0.2, 0.25) is 5.02 Å². The minimum Gasteiger partial charge on any atom is -0.507 e. The van der Waals surface area contributed by atoms with E-state index < -0.39 is 6.17 Å². The number of hydrogen-bond acceptors (Lipinski definition) is 6. The predicted octanol–water partition coefficient (Wildman–Crippen LogP) is 5.01. The summed E-state index contributed by atoms with van der Waals surface area (Å²) in [6.07, 6.45) is 2.36. The SMILES string of the molecule is COc1ccc(/C=N/C(/N=C/c2ccc(OC)cc2O)c2ccccc2Cl)c(O)c1. The van der Waals surface area contributed by atoms with Crippen molar-refractivity contribution in [3.05, 3.63) is 82.4 Å². The summed E-state index contributed by atoms with van der Waals surface area (Å²) in [6.45, 7) is 0. The molecule has 0 radical (unpaired) electrons. The molecule has 0 aromatic heterocycles. The van der Waals surface area contributed by atoms with Gasteiger partial charge in [-0.2, -0.15) is 0 Å². The molecular formula is C23H21ClN2O4. The molecular weight excluding hydrogens is 404 g/mol. The first-order valence-corrected chi connectivity index (χ1v) is 9.44. The molecule has 0 unspecified atom stereocenters. The molecule has 3 aromatic carbocycles. The highest BCUT2D eigenvalue weighted by Gasteiger charge is 2.12. The smallest absolute Gasteiger partial charge is 0.166 e. The van der Waals surface area contributed by atoms with Gasteiger partial charge in [0.2, 0.25) is 0 Å². The summed E-state index contributed by atoms with van der Waals surface area (Å²) in [5.41, 5.74) is 1.71. The van der Waals surface area contributed by atoms with E-state index in [-0.39, 0.29) is 11.5 Å². The van der Waals surface area contributed by atoms with Crippen LogP contribution < -0.4 is 9.47 Å². The minimum atomic E-state index is -0.679. The fourth-order valence-corrected chi connectivity index (χ4v) is 2.94. The number of methoxy groups -OCH3 is 2. The molecule has 0 heterocycles. The number of ether oxygens (including phenoxy) is 2. The highest BCUT2D eigenvalue weighted by Crippen LogP contribution is 2.29. The number of hydrogen-bond donors (Lipinski definition) is 2. The maximum absolute atomic E-state index is 10.2. The molecule has 0 aliphatic rings. The average Bonchev–Trinajstić information content (AvgIpc) is 2.76. The quantitative estimate of drug-likeness (QED) is 0.522. The molecule has 0 saturated heterocycles. The van der Waals surface area contributed by atoms with Crippen LogP contribution in [0.5, 0.6) is 23.0 Å². The Balaban J connectivity index is 1.94. The monoisotopic (exact) mass is 424 g/mol. The third kappa shape index (κ3) is 5.10.